The van der Waals surface area contributed by atoms with Gasteiger partial charge in [-0.25, -0.2) is 4.79 Å². The molecule has 1 aliphatic carbocycles. The summed E-state index contributed by atoms with van der Waals surface area (Å²) in [6, 6.07) is 4.51. The predicted octanol–water partition coefficient (Wildman–Crippen LogP) is 3.07. The van der Waals surface area contributed by atoms with E-state index in [1.165, 1.54) is 21.1 Å². The van der Waals surface area contributed by atoms with Crippen LogP contribution in [0.1, 0.15) is 76.1 Å². The van der Waals surface area contributed by atoms with Crippen LogP contribution in [0, 0.1) is 11.8 Å². The molecule has 0 spiro atoms. The van der Waals surface area contributed by atoms with E-state index in [4.69, 9.17) is 28.4 Å². The fraction of sp³-hybridized carbons (Fsp3) is 0.571. The fourth-order valence-corrected chi connectivity index (χ4v) is 8.06. The number of phenols is 1. The molecule has 4 N–H and O–H groups in total. The number of methoxy groups -OCH3 is 2. The summed E-state index contributed by atoms with van der Waals surface area (Å²) < 4.78 is 33.5. The van der Waals surface area contributed by atoms with E-state index in [0.29, 0.717) is 28.2 Å². The van der Waals surface area contributed by atoms with Gasteiger partial charge in [0.05, 0.1) is 38.9 Å². The number of amides is 2. The molecule has 15 heteroatoms. The third-order valence-electron chi connectivity index (χ3n) is 10.2. The molecule has 1 unspecified atom stereocenters. The van der Waals surface area contributed by atoms with Gasteiger partial charge in [-0.2, -0.15) is 0 Å². The van der Waals surface area contributed by atoms with Crippen molar-refractivity contribution in [3.63, 3.8) is 0 Å². The van der Waals surface area contributed by atoms with Gasteiger partial charge in [0.15, 0.2) is 23.0 Å². The summed E-state index contributed by atoms with van der Waals surface area (Å²) in [7, 11) is 2.81. The average Bonchev–Trinajstić information content (AvgIpc) is 3.67. The summed E-state index contributed by atoms with van der Waals surface area (Å²) in [6.07, 6.45) is -2.29. The van der Waals surface area contributed by atoms with Crippen LogP contribution in [0.2, 0.25) is 0 Å². The van der Waals surface area contributed by atoms with E-state index in [1.807, 2.05) is 0 Å². The standard InChI is InChI=1S/C35H44N3O12/c1-16(39)28(37-33(43)50-18-12-34(2,3)38(44)35(4,5)13-18)31(41)36-29-20-11-23-22(48-15-49-23)10-19(20)26(27-21(29)14-47-32(27)42)17-8-24(45-6)30(40)25(9-17)46-7/h8-11,16,18,21,26-29,39-40H,12-15H2,1-7H3,(H,36,41)(H,37,43)/t16?,21-,26+,27-,28-,29+/m0/s1. The number of hydroxylamine groups is 2. The Bertz CT molecular complexity index is 1630. The first kappa shape index (κ1) is 35.4. The van der Waals surface area contributed by atoms with E-state index in [1.54, 1.807) is 52.0 Å². The number of cyclic esters (lactones) is 1. The number of nitrogens with zero attached hydrogens (tertiary/aromatic N) is 1. The lowest BCUT2D eigenvalue weighted by Gasteiger charge is -2.49. The Morgan fingerprint density at radius 1 is 0.960 bits per heavy atom. The van der Waals surface area contributed by atoms with E-state index in [-0.39, 0.29) is 43.5 Å². The second-order valence-corrected chi connectivity index (χ2v) is 14.6. The van der Waals surface area contributed by atoms with Crippen LogP contribution in [0.25, 0.3) is 0 Å². The van der Waals surface area contributed by atoms with Gasteiger partial charge in [-0.3, -0.25) is 9.59 Å². The first-order chi connectivity index (χ1) is 23.6. The minimum Gasteiger partial charge on any atom is -0.502 e. The quantitative estimate of drug-likeness (QED) is 0.295. The first-order valence-corrected chi connectivity index (χ1v) is 16.5. The van der Waals surface area contributed by atoms with Crippen LogP contribution < -0.4 is 29.6 Å². The van der Waals surface area contributed by atoms with Crippen LogP contribution in [0.3, 0.4) is 0 Å². The molecule has 2 aromatic carbocycles. The van der Waals surface area contributed by atoms with Crippen molar-refractivity contribution in [1.82, 2.24) is 15.7 Å². The molecule has 50 heavy (non-hydrogen) atoms. The topological polar surface area (TPSA) is 194 Å². The second-order valence-electron chi connectivity index (χ2n) is 14.6. The molecule has 15 nitrogen and oxygen atoms in total. The second kappa shape index (κ2) is 13.0. The van der Waals surface area contributed by atoms with Gasteiger partial charge < -0.3 is 49.3 Å². The number of aliphatic hydroxyl groups excluding tert-OH is 1. The Kier molecular flexibility index (Phi) is 9.20. The minimum absolute atomic E-state index is 0.0198. The van der Waals surface area contributed by atoms with E-state index in [2.05, 4.69) is 10.6 Å². The number of hydrogen-bond donors (Lipinski definition) is 4. The van der Waals surface area contributed by atoms with Crippen molar-refractivity contribution in [2.24, 2.45) is 11.8 Å². The minimum atomic E-state index is -1.43. The molecule has 271 valence electrons. The van der Waals surface area contributed by atoms with Gasteiger partial charge in [0.2, 0.25) is 18.4 Å². The van der Waals surface area contributed by atoms with Gasteiger partial charge in [-0.15, -0.1) is 10.3 Å². The van der Waals surface area contributed by atoms with Gasteiger partial charge in [-0.05, 0) is 75.6 Å². The zero-order valence-electron chi connectivity index (χ0n) is 29.1. The van der Waals surface area contributed by atoms with Crippen LogP contribution in [0.15, 0.2) is 24.3 Å². The molecule has 2 aromatic rings. The lowest BCUT2D eigenvalue weighted by atomic mass is 9.65. The highest BCUT2D eigenvalue weighted by Crippen LogP contribution is 2.55. The molecule has 4 aliphatic rings. The maximum atomic E-state index is 14.0. The molecule has 2 amide bonds. The number of carbonyl (C=O) groups excluding carboxylic acids is 3. The number of carbonyl (C=O) groups is 3. The number of aromatic hydroxyl groups is 1. The summed E-state index contributed by atoms with van der Waals surface area (Å²) in [5.41, 5.74) is 0.255. The van der Waals surface area contributed by atoms with Gasteiger partial charge in [0.25, 0.3) is 0 Å². The Hall–Kier alpha value is -4.47. The zero-order valence-corrected chi connectivity index (χ0v) is 29.1. The van der Waals surface area contributed by atoms with Crippen molar-refractivity contribution in [2.45, 2.75) is 88.7 Å². The summed E-state index contributed by atoms with van der Waals surface area (Å²) >= 11 is 0. The highest BCUT2D eigenvalue weighted by molar-refractivity contribution is 5.87. The first-order valence-electron chi connectivity index (χ1n) is 16.5. The summed E-state index contributed by atoms with van der Waals surface area (Å²) in [4.78, 5) is 40.6. The zero-order chi connectivity index (χ0) is 36.3. The molecule has 1 radical (unpaired) electrons. The lowest BCUT2D eigenvalue weighted by Crippen LogP contribution is -2.61. The number of phenolic OH excluding ortho intramolecular Hbond substituents is 1. The summed E-state index contributed by atoms with van der Waals surface area (Å²) in [6.45, 7) is 8.43. The van der Waals surface area contributed by atoms with Crippen LogP contribution in [-0.4, -0.2) is 90.2 Å². The van der Waals surface area contributed by atoms with Crippen LogP contribution >= 0.6 is 0 Å². The Labute approximate surface area is 289 Å². The number of benzene rings is 2. The number of alkyl carbamates (subject to hydrolysis) is 1. The van der Waals surface area contributed by atoms with Crippen molar-refractivity contribution in [1.29, 1.82) is 0 Å². The SMILES string of the molecule is COc1cc([C@@H]2c3cc4c(cc3[C@@H](NC(=O)[C@@H](NC(=O)OC3CC(C)(C)N([O])C(C)(C)C3)C(C)O)[C@H]3COC(=O)[C@H]23)OCO4)cc(OC)c1O. The maximum absolute atomic E-state index is 14.0. The predicted molar refractivity (Wildman–Crippen MR) is 173 cm³/mol. The molecule has 6 rings (SSSR count). The molecule has 0 aromatic heterocycles. The average molecular weight is 699 g/mol. The maximum Gasteiger partial charge on any atom is 0.408 e. The van der Waals surface area contributed by atoms with Crippen molar-refractivity contribution < 1.29 is 58.2 Å². The highest BCUT2D eigenvalue weighted by atomic mass is 16.7. The van der Waals surface area contributed by atoms with E-state index >= 15 is 0 Å². The monoisotopic (exact) mass is 698 g/mol. The molecule has 3 aliphatic heterocycles. The largest absolute Gasteiger partial charge is 0.502 e. The number of nitrogens with one attached hydrogen (secondary N) is 2. The Morgan fingerprint density at radius 2 is 1.54 bits per heavy atom. The molecule has 6 atom stereocenters. The Morgan fingerprint density at radius 3 is 2.10 bits per heavy atom. The van der Waals surface area contributed by atoms with Gasteiger partial charge in [-0.1, -0.05) is 0 Å². The van der Waals surface area contributed by atoms with Gasteiger partial charge in [0, 0.05) is 35.8 Å². The normalized spacial score (nSPS) is 26.1. The van der Waals surface area contributed by atoms with Crippen molar-refractivity contribution >= 4 is 18.0 Å². The lowest BCUT2D eigenvalue weighted by molar-refractivity contribution is -0.298. The number of aliphatic hydroxyl groups is 1. The Balaban J connectivity index is 1.31. The van der Waals surface area contributed by atoms with Crippen LogP contribution in [-0.2, 0) is 24.3 Å². The molecule has 2 fully saturated rings. The highest BCUT2D eigenvalue weighted by Gasteiger charge is 2.54. The molecular weight excluding hydrogens is 654 g/mol. The van der Waals surface area contributed by atoms with E-state index in [0.717, 1.165) is 5.06 Å². The smallest absolute Gasteiger partial charge is 0.408 e. The van der Waals surface area contributed by atoms with Gasteiger partial charge in [0.1, 0.15) is 12.1 Å². The summed E-state index contributed by atoms with van der Waals surface area (Å²) in [5.74, 6) is -2.25. The molecule has 0 bridgehead atoms. The van der Waals surface area contributed by atoms with Crippen LogP contribution in [0.5, 0.6) is 28.7 Å². The number of fused-ring (bicyclic) bond motifs is 3. The molecule has 0 saturated carbocycles. The molecule has 2 saturated heterocycles. The van der Waals surface area contributed by atoms with E-state index < -0.39 is 71.1 Å². The third-order valence-corrected chi connectivity index (χ3v) is 10.2. The third kappa shape index (κ3) is 6.22. The van der Waals surface area contributed by atoms with Crippen molar-refractivity contribution in [3.05, 3.63) is 41.0 Å². The van der Waals surface area contributed by atoms with Gasteiger partial charge >= 0.3 is 12.1 Å². The number of rotatable bonds is 8. The van der Waals surface area contributed by atoms with Crippen molar-refractivity contribution in [2.75, 3.05) is 27.6 Å². The van der Waals surface area contributed by atoms with E-state index in [9.17, 15) is 29.8 Å². The number of piperidine rings is 1. The van der Waals surface area contributed by atoms with Crippen molar-refractivity contribution in [3.8, 4) is 28.7 Å². The summed E-state index contributed by atoms with van der Waals surface area (Å²) in [5, 5.41) is 40.6. The van der Waals surface area contributed by atoms with Crippen LogP contribution in [0.4, 0.5) is 4.79 Å². The number of esters is 1. The number of ether oxygens (including phenoxy) is 6. The molecule has 3 heterocycles. The fourth-order valence-electron chi connectivity index (χ4n) is 8.06. The molecular formula is C35H44N3O12. The number of hydrogen-bond acceptors (Lipinski definition) is 12.